The Morgan fingerprint density at radius 1 is 1.20 bits per heavy atom. The molecule has 1 nitrogen and oxygen atoms in total. The first-order valence-electron chi connectivity index (χ1n) is 0.144. The zero-order valence-electron chi connectivity index (χ0n) is 1.71. The van der Waals surface area contributed by atoms with Crippen molar-refractivity contribution in [2.75, 3.05) is 0 Å². The zero-order chi connectivity index (χ0) is 2.00. The standard InChI is InChI=1S/Co.Cu.Fe.Ni.O. The molecule has 0 saturated heterocycles. The quantitative estimate of drug-likeness (QED) is 0.550. The molecule has 5 heteroatoms. The van der Waals surface area contributed by atoms with Gasteiger partial charge >= 0.3 is 19.8 Å². The third-order valence-corrected chi connectivity index (χ3v) is 0. The SMILES string of the molecule is [Co].[Cu].[Ni].[O]=[Fe]. The van der Waals surface area contributed by atoms with E-state index in [-0.39, 0.29) is 50.3 Å². The molecule has 0 atom stereocenters. The van der Waals surface area contributed by atoms with Gasteiger partial charge in [-0.2, -0.15) is 0 Å². The summed E-state index contributed by atoms with van der Waals surface area (Å²) in [6, 6.07) is 0. The van der Waals surface area contributed by atoms with E-state index in [0.29, 0.717) is 0 Å². The van der Waals surface area contributed by atoms with Crippen LogP contribution in [0.2, 0.25) is 0 Å². The van der Waals surface area contributed by atoms with Crippen molar-refractivity contribution in [3.63, 3.8) is 0 Å². The van der Waals surface area contributed by atoms with Gasteiger partial charge in [0.2, 0.25) is 0 Å². The maximum absolute atomic E-state index is 8.00. The van der Waals surface area contributed by atoms with Crippen LogP contribution in [0.5, 0.6) is 0 Å². The predicted molar refractivity (Wildman–Crippen MR) is 0.686 cm³/mol. The molecule has 0 aromatic rings. The molecule has 0 N–H and O–H groups in total. The fourth-order valence-corrected chi connectivity index (χ4v) is 0. The van der Waals surface area contributed by atoms with Crippen LogP contribution in [-0.2, 0) is 70.1 Å². The van der Waals surface area contributed by atoms with E-state index in [1.807, 2.05) is 15.9 Å². The second-order valence-corrected chi connectivity index (χ2v) is 0. The number of rotatable bonds is 0. The Labute approximate surface area is 69.6 Å². The van der Waals surface area contributed by atoms with Crippen LogP contribution in [0.1, 0.15) is 0 Å². The van der Waals surface area contributed by atoms with Crippen LogP contribution in [0, 0.1) is 0 Å². The Kier molecular flexibility index (Phi) is 234. The molecule has 5 heavy (non-hydrogen) atoms. The summed E-state index contributed by atoms with van der Waals surface area (Å²) in [7, 11) is 0. The third kappa shape index (κ3) is 25.4. The molecule has 0 aromatic heterocycles. The van der Waals surface area contributed by atoms with E-state index >= 15 is 0 Å². The summed E-state index contributed by atoms with van der Waals surface area (Å²) in [6.45, 7) is 0. The number of hydrogen-bond donors (Lipinski definition) is 0. The molecule has 0 rings (SSSR count). The molecular weight excluding hydrogens is 253 g/mol. The molecule has 0 aliphatic heterocycles. The Bertz CT molecular complexity index is 11.6. The van der Waals surface area contributed by atoms with Crippen LogP contribution in [0.25, 0.3) is 0 Å². The maximum atomic E-state index is 8.00. The zero-order valence-corrected chi connectivity index (χ0v) is 5.79. The molecule has 0 spiro atoms. The first-order chi connectivity index (χ1) is 1.00. The average molecular weight is 253 g/mol. The second-order valence-electron chi connectivity index (χ2n) is 0. The van der Waals surface area contributed by atoms with Crippen LogP contribution >= 0.6 is 0 Å². The van der Waals surface area contributed by atoms with E-state index < -0.39 is 0 Å². The first kappa shape index (κ1) is 28.9. The summed E-state index contributed by atoms with van der Waals surface area (Å²) in [5.74, 6) is 0. The first-order valence-corrected chi connectivity index (χ1v) is 0.595. The van der Waals surface area contributed by atoms with Gasteiger partial charge in [-0.1, -0.05) is 0 Å². The fourth-order valence-electron chi connectivity index (χ4n) is 0. The second kappa shape index (κ2) is 40.4. The Balaban J connectivity index is -0.00000000167. The van der Waals surface area contributed by atoms with Gasteiger partial charge in [0.05, 0.1) is 0 Å². The predicted octanol–water partition coefficient (Wildman–Crippen LogP) is -0.129. The van der Waals surface area contributed by atoms with Crippen LogP contribution in [-0.4, -0.2) is 0 Å². The minimum absolute atomic E-state index is 0. The van der Waals surface area contributed by atoms with E-state index in [9.17, 15) is 0 Å². The molecule has 0 amide bonds. The topological polar surface area (TPSA) is 17.1 Å². The van der Waals surface area contributed by atoms with Crippen molar-refractivity contribution in [2.45, 2.75) is 0 Å². The molecule has 2 radical (unpaired) electrons. The van der Waals surface area contributed by atoms with Gasteiger partial charge in [0.15, 0.2) is 0 Å². The summed E-state index contributed by atoms with van der Waals surface area (Å²) in [6.07, 6.45) is 0. The van der Waals surface area contributed by atoms with Crippen molar-refractivity contribution in [1.82, 2.24) is 0 Å². The summed E-state index contributed by atoms with van der Waals surface area (Å²) < 4.78 is 8.00. The van der Waals surface area contributed by atoms with E-state index in [0.717, 1.165) is 0 Å². The normalized spacial score (nSPS) is 1.00. The molecule has 0 aliphatic carbocycles. The van der Waals surface area contributed by atoms with Gasteiger partial charge in [0, 0.05) is 50.3 Å². The Hall–Kier alpha value is 1.84. The van der Waals surface area contributed by atoms with E-state index in [4.69, 9.17) is 3.83 Å². The molecule has 0 bridgehead atoms. The Morgan fingerprint density at radius 3 is 1.20 bits per heavy atom. The molecule has 0 fully saturated rings. The average Bonchev–Trinajstić information content (AvgIpc) is 1.00. The molecular formula is CoCuFeNiO. The van der Waals surface area contributed by atoms with Gasteiger partial charge in [0.25, 0.3) is 0 Å². The third-order valence-electron chi connectivity index (χ3n) is 0. The van der Waals surface area contributed by atoms with Gasteiger partial charge < -0.3 is 0 Å². The van der Waals surface area contributed by atoms with Crippen molar-refractivity contribution >= 4 is 0 Å². The van der Waals surface area contributed by atoms with Gasteiger partial charge in [-0.15, -0.1) is 0 Å². The molecule has 0 saturated carbocycles. The monoisotopic (exact) mass is 252 g/mol. The minimum atomic E-state index is 0. The molecule has 0 heterocycles. The summed E-state index contributed by atoms with van der Waals surface area (Å²) in [5, 5.41) is 0. The van der Waals surface area contributed by atoms with Gasteiger partial charge in [0.1, 0.15) is 0 Å². The summed E-state index contributed by atoms with van der Waals surface area (Å²) in [4.78, 5) is 0. The Morgan fingerprint density at radius 2 is 1.20 bits per heavy atom. The molecule has 0 aliphatic rings. The molecule has 0 unspecified atom stereocenters. The van der Waals surface area contributed by atoms with E-state index in [1.165, 1.54) is 0 Å². The van der Waals surface area contributed by atoms with Crippen molar-refractivity contribution in [1.29, 1.82) is 0 Å². The van der Waals surface area contributed by atoms with Crippen molar-refractivity contribution < 1.29 is 70.1 Å². The van der Waals surface area contributed by atoms with Crippen molar-refractivity contribution in [2.24, 2.45) is 0 Å². The molecule has 0 aromatic carbocycles. The van der Waals surface area contributed by atoms with Gasteiger partial charge in [-0.25, -0.2) is 0 Å². The van der Waals surface area contributed by atoms with Crippen LogP contribution in [0.15, 0.2) is 0 Å². The van der Waals surface area contributed by atoms with Crippen molar-refractivity contribution in [3.05, 3.63) is 0 Å². The summed E-state index contributed by atoms with van der Waals surface area (Å²) in [5.41, 5.74) is 0. The number of hydrogen-bond acceptors (Lipinski definition) is 1. The van der Waals surface area contributed by atoms with Gasteiger partial charge in [-0.05, 0) is 0 Å². The summed E-state index contributed by atoms with van der Waals surface area (Å²) >= 11 is 2.00. The van der Waals surface area contributed by atoms with Crippen LogP contribution in [0.3, 0.4) is 0 Å². The van der Waals surface area contributed by atoms with Crippen LogP contribution < -0.4 is 0 Å². The van der Waals surface area contributed by atoms with Crippen molar-refractivity contribution in [3.8, 4) is 0 Å². The van der Waals surface area contributed by atoms with Gasteiger partial charge in [-0.3, -0.25) is 0 Å². The van der Waals surface area contributed by atoms with E-state index in [2.05, 4.69) is 0 Å². The molecule has 44 valence electrons. The van der Waals surface area contributed by atoms with Crippen LogP contribution in [0.4, 0.5) is 0 Å². The van der Waals surface area contributed by atoms with E-state index in [1.54, 1.807) is 0 Å². The fraction of sp³-hybridized carbons (Fsp3) is 0.